The predicted octanol–water partition coefficient (Wildman–Crippen LogP) is 2.80. The van der Waals surface area contributed by atoms with Gasteiger partial charge in [0.15, 0.2) is 0 Å². The molecule has 100 valence electrons. The molecule has 1 unspecified atom stereocenters. The summed E-state index contributed by atoms with van der Waals surface area (Å²) in [5, 5.41) is 2.81. The maximum Gasteiger partial charge on any atom is 0.224 e. The lowest BCUT2D eigenvalue weighted by Crippen LogP contribution is -2.14. The minimum atomic E-state index is -0.00616. The van der Waals surface area contributed by atoms with Gasteiger partial charge in [-0.2, -0.15) is 0 Å². The maximum atomic E-state index is 11.6. The van der Waals surface area contributed by atoms with E-state index < -0.39 is 0 Å². The summed E-state index contributed by atoms with van der Waals surface area (Å²) in [5.41, 5.74) is 7.02. The van der Waals surface area contributed by atoms with Crippen LogP contribution < -0.4 is 11.1 Å². The fraction of sp³-hybridized carbons (Fsp3) is 0.500. The Morgan fingerprint density at radius 3 is 2.94 bits per heavy atom. The minimum Gasteiger partial charge on any atom is -0.399 e. The highest BCUT2D eigenvalue weighted by molar-refractivity contribution is 5.91. The van der Waals surface area contributed by atoms with Crippen molar-refractivity contribution < 1.29 is 9.53 Å². The summed E-state index contributed by atoms with van der Waals surface area (Å²) in [6.07, 6.45) is 2.46. The highest BCUT2D eigenvalue weighted by Gasteiger charge is 2.03. The van der Waals surface area contributed by atoms with Gasteiger partial charge < -0.3 is 15.8 Å². The molecule has 1 atom stereocenters. The predicted molar refractivity (Wildman–Crippen MR) is 74.4 cm³/mol. The van der Waals surface area contributed by atoms with Gasteiger partial charge in [-0.05, 0) is 38.0 Å². The fourth-order valence-electron chi connectivity index (χ4n) is 1.48. The summed E-state index contributed by atoms with van der Waals surface area (Å²) >= 11 is 0. The van der Waals surface area contributed by atoms with Gasteiger partial charge in [0.2, 0.25) is 5.91 Å². The molecule has 0 fully saturated rings. The standard InChI is InChI=1S/C14H22N2O2/c1-3-11(2)18-9-5-8-14(17)16-13-7-4-6-12(15)10-13/h4,6-7,10-11H,3,5,8-9,15H2,1-2H3,(H,16,17). The molecule has 4 heteroatoms. The summed E-state index contributed by atoms with van der Waals surface area (Å²) in [6.45, 7) is 4.74. The third-order valence-electron chi connectivity index (χ3n) is 2.70. The lowest BCUT2D eigenvalue weighted by molar-refractivity contribution is -0.116. The zero-order chi connectivity index (χ0) is 13.4. The molecule has 1 rings (SSSR count). The van der Waals surface area contributed by atoms with Crippen LogP contribution in [0.15, 0.2) is 24.3 Å². The molecule has 0 saturated carbocycles. The number of rotatable bonds is 7. The van der Waals surface area contributed by atoms with Gasteiger partial charge in [-0.1, -0.05) is 13.0 Å². The van der Waals surface area contributed by atoms with Crippen molar-refractivity contribution in [2.75, 3.05) is 17.7 Å². The first kappa shape index (κ1) is 14.5. The van der Waals surface area contributed by atoms with Crippen LogP contribution in [0.4, 0.5) is 11.4 Å². The molecule has 0 aliphatic rings. The van der Waals surface area contributed by atoms with Gasteiger partial charge in [0.05, 0.1) is 6.10 Å². The first-order valence-corrected chi connectivity index (χ1v) is 6.38. The Hall–Kier alpha value is -1.55. The number of nitrogen functional groups attached to an aromatic ring is 1. The third-order valence-corrected chi connectivity index (χ3v) is 2.70. The van der Waals surface area contributed by atoms with Crippen molar-refractivity contribution >= 4 is 17.3 Å². The zero-order valence-corrected chi connectivity index (χ0v) is 11.1. The molecule has 1 aromatic carbocycles. The molecule has 0 bridgehead atoms. The third kappa shape index (κ3) is 5.68. The van der Waals surface area contributed by atoms with Crippen molar-refractivity contribution in [3.8, 4) is 0 Å². The molecule has 0 aliphatic heterocycles. The second-order valence-corrected chi connectivity index (χ2v) is 4.37. The smallest absolute Gasteiger partial charge is 0.224 e. The zero-order valence-electron chi connectivity index (χ0n) is 11.1. The number of nitrogens with one attached hydrogen (secondary N) is 1. The van der Waals surface area contributed by atoms with Crippen molar-refractivity contribution in [3.63, 3.8) is 0 Å². The Morgan fingerprint density at radius 2 is 2.28 bits per heavy atom. The van der Waals surface area contributed by atoms with E-state index in [9.17, 15) is 4.79 Å². The molecule has 0 heterocycles. The Kier molecular flexibility index (Phi) is 6.22. The second kappa shape index (κ2) is 7.71. The van der Waals surface area contributed by atoms with Crippen molar-refractivity contribution in [2.45, 2.75) is 39.2 Å². The molecule has 1 amide bonds. The Labute approximate surface area is 109 Å². The summed E-state index contributed by atoms with van der Waals surface area (Å²) in [4.78, 5) is 11.6. The van der Waals surface area contributed by atoms with Crippen LogP contribution in [0.1, 0.15) is 33.1 Å². The van der Waals surface area contributed by atoms with Crippen LogP contribution in [-0.4, -0.2) is 18.6 Å². The molecular formula is C14H22N2O2. The second-order valence-electron chi connectivity index (χ2n) is 4.37. The highest BCUT2D eigenvalue weighted by atomic mass is 16.5. The Bertz CT molecular complexity index is 380. The molecule has 0 aromatic heterocycles. The number of amides is 1. The van der Waals surface area contributed by atoms with Crippen molar-refractivity contribution in [3.05, 3.63) is 24.3 Å². The molecule has 3 N–H and O–H groups in total. The van der Waals surface area contributed by atoms with Crippen molar-refractivity contribution in [2.24, 2.45) is 0 Å². The van der Waals surface area contributed by atoms with Gasteiger partial charge in [-0.15, -0.1) is 0 Å². The van der Waals surface area contributed by atoms with E-state index in [1.165, 1.54) is 0 Å². The lowest BCUT2D eigenvalue weighted by Gasteiger charge is -2.10. The molecule has 0 spiro atoms. The minimum absolute atomic E-state index is 0.00616. The molecular weight excluding hydrogens is 228 g/mol. The number of ether oxygens (including phenoxy) is 1. The van der Waals surface area contributed by atoms with E-state index in [0.717, 1.165) is 18.5 Å². The van der Waals surface area contributed by atoms with Crippen LogP contribution in [0.2, 0.25) is 0 Å². The van der Waals surface area contributed by atoms with E-state index in [2.05, 4.69) is 12.2 Å². The number of nitrogens with two attached hydrogens (primary N) is 1. The van der Waals surface area contributed by atoms with Crippen LogP contribution in [0.25, 0.3) is 0 Å². The largest absolute Gasteiger partial charge is 0.399 e. The average Bonchev–Trinajstić information content (AvgIpc) is 2.34. The van der Waals surface area contributed by atoms with E-state index >= 15 is 0 Å². The molecule has 1 aromatic rings. The van der Waals surface area contributed by atoms with Gasteiger partial charge in [0.25, 0.3) is 0 Å². The number of carbonyl (C=O) groups excluding carboxylic acids is 1. The number of carbonyl (C=O) groups is 1. The van der Waals surface area contributed by atoms with Gasteiger partial charge >= 0.3 is 0 Å². The summed E-state index contributed by atoms with van der Waals surface area (Å²) in [7, 11) is 0. The lowest BCUT2D eigenvalue weighted by atomic mass is 10.2. The van der Waals surface area contributed by atoms with Crippen molar-refractivity contribution in [1.29, 1.82) is 0 Å². The number of benzene rings is 1. The SMILES string of the molecule is CCC(C)OCCCC(=O)Nc1cccc(N)c1. The summed E-state index contributed by atoms with van der Waals surface area (Å²) in [5.74, 6) is -0.00616. The fourth-order valence-corrected chi connectivity index (χ4v) is 1.48. The Morgan fingerprint density at radius 1 is 1.50 bits per heavy atom. The Balaban J connectivity index is 2.22. The first-order valence-electron chi connectivity index (χ1n) is 6.38. The maximum absolute atomic E-state index is 11.6. The van der Waals surface area contributed by atoms with Crippen LogP contribution in [0.5, 0.6) is 0 Å². The molecule has 0 saturated heterocycles. The molecule has 0 aliphatic carbocycles. The number of hydrogen-bond acceptors (Lipinski definition) is 3. The van der Waals surface area contributed by atoms with Crippen molar-refractivity contribution in [1.82, 2.24) is 0 Å². The van der Waals surface area contributed by atoms with Crippen LogP contribution in [-0.2, 0) is 9.53 Å². The van der Waals surface area contributed by atoms with Gasteiger partial charge in [-0.25, -0.2) is 0 Å². The summed E-state index contributed by atoms with van der Waals surface area (Å²) in [6, 6.07) is 7.17. The molecule has 0 radical (unpaired) electrons. The van der Waals surface area contributed by atoms with Crippen LogP contribution in [0.3, 0.4) is 0 Å². The highest BCUT2D eigenvalue weighted by Crippen LogP contribution is 2.12. The van der Waals surface area contributed by atoms with E-state index in [1.807, 2.05) is 19.1 Å². The monoisotopic (exact) mass is 250 g/mol. The van der Waals surface area contributed by atoms with E-state index in [1.54, 1.807) is 12.1 Å². The van der Waals surface area contributed by atoms with Gasteiger partial charge in [-0.3, -0.25) is 4.79 Å². The number of hydrogen-bond donors (Lipinski definition) is 2. The van der Waals surface area contributed by atoms with Crippen LogP contribution >= 0.6 is 0 Å². The first-order chi connectivity index (χ1) is 8.61. The quantitative estimate of drug-likeness (QED) is 0.577. The molecule has 18 heavy (non-hydrogen) atoms. The van der Waals surface area contributed by atoms with Gasteiger partial charge in [0, 0.05) is 24.4 Å². The van der Waals surface area contributed by atoms with Crippen LogP contribution in [0, 0.1) is 0 Å². The van der Waals surface area contributed by atoms with E-state index in [4.69, 9.17) is 10.5 Å². The number of anilines is 2. The summed E-state index contributed by atoms with van der Waals surface area (Å²) < 4.78 is 5.51. The molecule has 4 nitrogen and oxygen atoms in total. The average molecular weight is 250 g/mol. The van der Waals surface area contributed by atoms with Gasteiger partial charge in [0.1, 0.15) is 0 Å². The normalized spacial score (nSPS) is 12.1. The van der Waals surface area contributed by atoms with E-state index in [-0.39, 0.29) is 12.0 Å². The topological polar surface area (TPSA) is 64.3 Å². The van der Waals surface area contributed by atoms with E-state index in [0.29, 0.717) is 18.7 Å².